The second-order valence-corrected chi connectivity index (χ2v) is 7.28. The molecule has 2 heterocycles. The average Bonchev–Trinajstić information content (AvgIpc) is 3.07. The van der Waals surface area contributed by atoms with Crippen LogP contribution in [0.25, 0.3) is 22.6 Å². The molecule has 3 aromatic rings. The van der Waals surface area contributed by atoms with Gasteiger partial charge in [-0.25, -0.2) is 4.98 Å². The molecular weight excluding hydrogens is 399 g/mol. The number of hydrogen-bond acceptors (Lipinski definition) is 4. The number of benzene rings is 2. The minimum Gasteiger partial charge on any atom is -0.493 e. The largest absolute Gasteiger partial charge is 0.493 e. The molecule has 1 aliphatic heterocycles. The molecule has 0 saturated heterocycles. The first-order valence-electron chi connectivity index (χ1n) is 8.93. The van der Waals surface area contributed by atoms with Crippen molar-refractivity contribution in [3.05, 3.63) is 62.1 Å². The summed E-state index contributed by atoms with van der Waals surface area (Å²) in [7, 11) is 1.61. The van der Waals surface area contributed by atoms with Crippen molar-refractivity contribution in [1.82, 2.24) is 9.55 Å². The summed E-state index contributed by atoms with van der Waals surface area (Å²) >= 11 is 12.3. The van der Waals surface area contributed by atoms with Crippen LogP contribution in [0.2, 0.25) is 10.0 Å². The molecule has 0 aliphatic carbocycles. The Morgan fingerprint density at radius 1 is 1.21 bits per heavy atom. The first-order valence-corrected chi connectivity index (χ1v) is 9.68. The van der Waals surface area contributed by atoms with E-state index >= 15 is 0 Å². The lowest BCUT2D eigenvalue weighted by Crippen LogP contribution is -2.20. The van der Waals surface area contributed by atoms with E-state index in [4.69, 9.17) is 32.7 Å². The first kappa shape index (κ1) is 18.8. The third-order valence-electron chi connectivity index (χ3n) is 4.70. The molecule has 1 aliphatic rings. The highest BCUT2D eigenvalue weighted by Crippen LogP contribution is 2.33. The molecular formula is C21H18Cl2N2O3. The van der Waals surface area contributed by atoms with Gasteiger partial charge in [-0.2, -0.15) is 0 Å². The lowest BCUT2D eigenvalue weighted by molar-refractivity contribution is 0.311. The van der Waals surface area contributed by atoms with E-state index in [1.54, 1.807) is 23.8 Å². The van der Waals surface area contributed by atoms with Crippen molar-refractivity contribution >= 4 is 45.8 Å². The Bertz CT molecular complexity index is 1170. The topological polar surface area (TPSA) is 53.4 Å². The second-order valence-electron chi connectivity index (χ2n) is 6.44. The first-order chi connectivity index (χ1) is 13.5. The van der Waals surface area contributed by atoms with Gasteiger partial charge >= 0.3 is 0 Å². The summed E-state index contributed by atoms with van der Waals surface area (Å²) in [6.45, 7) is 3.06. The molecule has 0 spiro atoms. The summed E-state index contributed by atoms with van der Waals surface area (Å²) in [5.41, 5.74) is 2.26. The smallest absolute Gasteiger partial charge is 0.261 e. The van der Waals surface area contributed by atoms with Crippen LogP contribution >= 0.6 is 23.2 Å². The minimum absolute atomic E-state index is 0.128. The van der Waals surface area contributed by atoms with Crippen LogP contribution in [-0.2, 0) is 6.54 Å². The van der Waals surface area contributed by atoms with Crippen molar-refractivity contribution in [1.29, 1.82) is 0 Å². The zero-order chi connectivity index (χ0) is 19.8. The van der Waals surface area contributed by atoms with Crippen molar-refractivity contribution in [3.63, 3.8) is 0 Å². The molecule has 0 saturated carbocycles. The van der Waals surface area contributed by atoms with E-state index in [-0.39, 0.29) is 5.56 Å². The fraction of sp³-hybridized carbons (Fsp3) is 0.238. The number of fused-ring (bicyclic) bond motifs is 2. The van der Waals surface area contributed by atoms with Crippen molar-refractivity contribution in [2.24, 2.45) is 0 Å². The third-order valence-corrected chi connectivity index (χ3v) is 5.20. The molecule has 4 rings (SSSR count). The van der Waals surface area contributed by atoms with E-state index in [0.29, 0.717) is 57.8 Å². The molecule has 5 nitrogen and oxygen atoms in total. The number of hydrogen-bond donors (Lipinski definition) is 0. The highest BCUT2D eigenvalue weighted by molar-refractivity contribution is 6.38. The highest BCUT2D eigenvalue weighted by atomic mass is 35.5. The molecule has 7 heteroatoms. The minimum atomic E-state index is -0.128. The molecule has 0 atom stereocenters. The third kappa shape index (κ3) is 3.25. The van der Waals surface area contributed by atoms with E-state index < -0.39 is 0 Å². The molecule has 0 fully saturated rings. The van der Waals surface area contributed by atoms with E-state index in [0.717, 1.165) is 11.1 Å². The van der Waals surface area contributed by atoms with Gasteiger partial charge in [0.2, 0.25) is 0 Å². The fourth-order valence-corrected chi connectivity index (χ4v) is 3.97. The van der Waals surface area contributed by atoms with Gasteiger partial charge in [0.15, 0.2) is 11.5 Å². The number of rotatable bonds is 4. The lowest BCUT2D eigenvalue weighted by atomic mass is 10.1. The van der Waals surface area contributed by atoms with Crippen LogP contribution in [0.5, 0.6) is 11.5 Å². The van der Waals surface area contributed by atoms with Gasteiger partial charge in [0.05, 0.1) is 29.6 Å². The van der Waals surface area contributed by atoms with E-state index in [2.05, 4.69) is 4.98 Å². The summed E-state index contributed by atoms with van der Waals surface area (Å²) in [5.74, 6) is 1.99. The number of aromatic nitrogens is 2. The Kier molecular flexibility index (Phi) is 5.04. The van der Waals surface area contributed by atoms with Crippen molar-refractivity contribution in [2.75, 3.05) is 13.7 Å². The number of methoxy groups -OCH3 is 1. The fourth-order valence-electron chi connectivity index (χ4n) is 3.43. The summed E-state index contributed by atoms with van der Waals surface area (Å²) in [6.07, 6.45) is 2.72. The maximum absolute atomic E-state index is 12.9. The van der Waals surface area contributed by atoms with E-state index in [1.807, 2.05) is 31.2 Å². The lowest BCUT2D eigenvalue weighted by Gasteiger charge is -2.10. The zero-order valence-electron chi connectivity index (χ0n) is 15.5. The standard InChI is InChI=1S/C21H18Cl2N2O3/c1-3-28-17-5-4-12(9-18(17)27-2)8-13-6-7-25-20(13)24-19-15(21(25)26)10-14(22)11-16(19)23/h4-5,8-11H,3,6-7H2,1-2H3/b13-8+. The van der Waals surface area contributed by atoms with Gasteiger partial charge in [0.1, 0.15) is 5.82 Å². The van der Waals surface area contributed by atoms with Crippen LogP contribution in [0.3, 0.4) is 0 Å². The molecule has 1 aromatic heterocycles. The van der Waals surface area contributed by atoms with E-state index in [1.165, 1.54) is 0 Å². The SMILES string of the molecule is CCOc1ccc(/C=C2\CCn3c2nc2c(Cl)cc(Cl)cc2c3=O)cc1OC. The summed E-state index contributed by atoms with van der Waals surface area (Å²) in [5, 5.41) is 1.23. The molecule has 0 bridgehead atoms. The maximum Gasteiger partial charge on any atom is 0.261 e. The molecule has 2 aromatic carbocycles. The highest BCUT2D eigenvalue weighted by Gasteiger charge is 2.22. The number of ether oxygens (including phenoxy) is 2. The molecule has 0 radical (unpaired) electrons. The van der Waals surface area contributed by atoms with Gasteiger partial charge in [0.25, 0.3) is 5.56 Å². The Morgan fingerprint density at radius 3 is 2.79 bits per heavy atom. The molecule has 28 heavy (non-hydrogen) atoms. The van der Waals surface area contributed by atoms with Crippen LogP contribution < -0.4 is 15.0 Å². The van der Waals surface area contributed by atoms with Gasteiger partial charge in [0, 0.05) is 11.6 Å². The van der Waals surface area contributed by atoms with Gasteiger partial charge in [-0.15, -0.1) is 0 Å². The van der Waals surface area contributed by atoms with E-state index in [9.17, 15) is 4.79 Å². The number of allylic oxidation sites excluding steroid dienone is 1. The van der Waals surface area contributed by atoms with Gasteiger partial charge in [-0.05, 0) is 54.8 Å². The van der Waals surface area contributed by atoms with Crippen molar-refractivity contribution < 1.29 is 9.47 Å². The zero-order valence-corrected chi connectivity index (χ0v) is 17.0. The number of halogens is 2. The molecule has 0 unspecified atom stereocenters. The van der Waals surface area contributed by atoms with Crippen molar-refractivity contribution in [2.45, 2.75) is 19.9 Å². The van der Waals surface area contributed by atoms with Crippen LogP contribution in [0, 0.1) is 0 Å². The van der Waals surface area contributed by atoms with Gasteiger partial charge in [-0.1, -0.05) is 29.3 Å². The van der Waals surface area contributed by atoms with Crippen molar-refractivity contribution in [3.8, 4) is 11.5 Å². The molecule has 0 amide bonds. The Labute approximate surface area is 172 Å². The van der Waals surface area contributed by atoms with Crippen LogP contribution in [0.4, 0.5) is 0 Å². The van der Waals surface area contributed by atoms with Crippen LogP contribution in [-0.4, -0.2) is 23.3 Å². The van der Waals surface area contributed by atoms with Gasteiger partial charge in [-0.3, -0.25) is 9.36 Å². The summed E-state index contributed by atoms with van der Waals surface area (Å²) < 4.78 is 12.7. The summed E-state index contributed by atoms with van der Waals surface area (Å²) in [4.78, 5) is 17.6. The van der Waals surface area contributed by atoms with Crippen LogP contribution in [0.1, 0.15) is 24.7 Å². The molecule has 0 N–H and O–H groups in total. The Balaban J connectivity index is 1.82. The quantitative estimate of drug-likeness (QED) is 0.596. The normalized spacial score (nSPS) is 14.5. The average molecular weight is 417 g/mol. The van der Waals surface area contributed by atoms with Gasteiger partial charge < -0.3 is 9.47 Å². The second kappa shape index (κ2) is 7.49. The summed E-state index contributed by atoms with van der Waals surface area (Å²) in [6, 6.07) is 8.96. The van der Waals surface area contributed by atoms with Crippen LogP contribution in [0.15, 0.2) is 35.1 Å². The predicted octanol–water partition coefficient (Wildman–Crippen LogP) is 5.05. The monoisotopic (exact) mass is 416 g/mol. The molecule has 144 valence electrons. The predicted molar refractivity (Wildman–Crippen MR) is 113 cm³/mol. The number of nitrogens with zero attached hydrogens (tertiary/aromatic N) is 2. The Morgan fingerprint density at radius 2 is 2.04 bits per heavy atom. The Hall–Kier alpha value is -2.50. The maximum atomic E-state index is 12.9.